The van der Waals surface area contributed by atoms with Crippen LogP contribution in [-0.2, 0) is 16.0 Å². The first-order chi connectivity index (χ1) is 15.9. The molecule has 2 aliphatic carbocycles. The molecule has 2 fully saturated rings. The fraction of sp³-hybridized carbons (Fsp3) is 0.680. The van der Waals surface area contributed by atoms with E-state index in [1.54, 1.807) is 11.3 Å². The summed E-state index contributed by atoms with van der Waals surface area (Å²) in [7, 11) is 0. The highest BCUT2D eigenvalue weighted by molar-refractivity contribution is 7.19. The molecule has 7 nitrogen and oxygen atoms in total. The number of fused-ring (bicyclic) bond motifs is 3. The van der Waals surface area contributed by atoms with Gasteiger partial charge in [0.15, 0.2) is 0 Å². The van der Waals surface area contributed by atoms with Crippen LogP contribution >= 0.6 is 11.3 Å². The molecule has 4 atom stereocenters. The molecule has 33 heavy (non-hydrogen) atoms. The molecule has 0 radical (unpaired) electrons. The zero-order valence-electron chi connectivity index (χ0n) is 19.5. The summed E-state index contributed by atoms with van der Waals surface area (Å²) in [6, 6.07) is 2.59. The Morgan fingerprint density at radius 2 is 2.00 bits per heavy atom. The van der Waals surface area contributed by atoms with E-state index in [2.05, 4.69) is 23.7 Å². The quantitative estimate of drug-likeness (QED) is 0.668. The molecule has 0 aromatic carbocycles. The summed E-state index contributed by atoms with van der Waals surface area (Å²) in [5.74, 6) is 0.359. The van der Waals surface area contributed by atoms with Crippen molar-refractivity contribution in [1.29, 1.82) is 0 Å². The molecule has 1 saturated heterocycles. The Bertz CT molecular complexity index is 993. The molecule has 3 N–H and O–H groups in total. The fourth-order valence-electron chi connectivity index (χ4n) is 6.07. The summed E-state index contributed by atoms with van der Waals surface area (Å²) in [5.41, 5.74) is 6.53. The van der Waals surface area contributed by atoms with E-state index in [1.807, 2.05) is 12.3 Å². The van der Waals surface area contributed by atoms with Crippen LogP contribution < -0.4 is 10.5 Å². The number of aliphatic hydroxyl groups is 1. The van der Waals surface area contributed by atoms with Crippen LogP contribution in [0.5, 0.6) is 5.75 Å². The third-order valence-electron chi connectivity index (χ3n) is 7.53. The Morgan fingerprint density at radius 3 is 2.70 bits per heavy atom. The van der Waals surface area contributed by atoms with Gasteiger partial charge in [-0.05, 0) is 76.3 Å². The Labute approximate surface area is 199 Å². The normalized spacial score (nSPS) is 31.4. The fourth-order valence-corrected chi connectivity index (χ4v) is 7.33. The Balaban J connectivity index is 1.29. The van der Waals surface area contributed by atoms with E-state index in [0.29, 0.717) is 24.7 Å². The Hall–Kier alpha value is -1.74. The minimum absolute atomic E-state index is 0.115. The van der Waals surface area contributed by atoms with E-state index in [-0.39, 0.29) is 12.0 Å². The maximum absolute atomic E-state index is 11.4. The third kappa shape index (κ3) is 4.76. The molecule has 180 valence electrons. The van der Waals surface area contributed by atoms with Crippen LogP contribution in [0.4, 0.5) is 0 Å². The van der Waals surface area contributed by atoms with Crippen LogP contribution in [0.15, 0.2) is 12.3 Å². The summed E-state index contributed by atoms with van der Waals surface area (Å²) >= 11 is 1.71. The van der Waals surface area contributed by atoms with Gasteiger partial charge in [0, 0.05) is 30.2 Å². The van der Waals surface area contributed by atoms with Gasteiger partial charge in [-0.3, -0.25) is 9.69 Å². The number of nitrogens with zero attached hydrogens (tertiary/aromatic N) is 2. The number of aliphatic hydroxyl groups excluding tert-OH is 1. The lowest BCUT2D eigenvalue weighted by atomic mass is 9.91. The average molecular weight is 474 g/mol. The summed E-state index contributed by atoms with van der Waals surface area (Å²) in [4.78, 5) is 20.9. The lowest BCUT2D eigenvalue weighted by Crippen LogP contribution is -2.51. The number of nitrogens with two attached hydrogens (primary N) is 1. The molecule has 5 rings (SSSR count). The van der Waals surface area contributed by atoms with E-state index in [9.17, 15) is 9.90 Å². The van der Waals surface area contributed by atoms with Crippen LogP contribution in [0, 0.1) is 0 Å². The first kappa shape index (κ1) is 23.0. The zero-order valence-corrected chi connectivity index (χ0v) is 20.4. The second-order valence-electron chi connectivity index (χ2n) is 10.1. The number of carbonyl (C=O) groups excluding carboxylic acids is 1. The van der Waals surface area contributed by atoms with E-state index in [4.69, 9.17) is 15.2 Å². The standard InChI is InChI=1S/C25H35N3O4S/c1-14-12-28(13-15(2)31-14)17-4-6-18(7-5-17)32-20-9-10-27-25-23(20)22-16(3-8-21(22)33-25)11-19(29)24(26)30/h9-10,14-19,29H,3-8,11-13H2,1-2H3,(H2,26,30)/t14-,15+,16-,17-,18-,19+/m1/s1. The van der Waals surface area contributed by atoms with E-state index in [1.165, 1.54) is 10.4 Å². The van der Waals surface area contributed by atoms with Crippen molar-refractivity contribution in [1.82, 2.24) is 9.88 Å². The summed E-state index contributed by atoms with van der Waals surface area (Å²) < 4.78 is 12.5. The van der Waals surface area contributed by atoms with E-state index in [0.717, 1.165) is 67.6 Å². The number of pyridine rings is 1. The maximum Gasteiger partial charge on any atom is 0.246 e. The predicted octanol–water partition coefficient (Wildman–Crippen LogP) is 3.36. The molecule has 1 aliphatic heterocycles. The lowest BCUT2D eigenvalue weighted by Gasteiger charge is -2.42. The maximum atomic E-state index is 11.4. The molecule has 1 saturated carbocycles. The number of rotatable bonds is 6. The number of aryl methyl sites for hydroxylation is 1. The molecule has 2 aromatic heterocycles. The number of ether oxygens (including phenoxy) is 2. The molecule has 0 spiro atoms. The first-order valence-electron chi connectivity index (χ1n) is 12.3. The second kappa shape index (κ2) is 9.49. The zero-order chi connectivity index (χ0) is 23.1. The molecular weight excluding hydrogens is 438 g/mol. The van der Waals surface area contributed by atoms with Crippen LogP contribution in [0.2, 0.25) is 0 Å². The number of morpholine rings is 1. The van der Waals surface area contributed by atoms with Crippen LogP contribution in [0.25, 0.3) is 10.2 Å². The summed E-state index contributed by atoms with van der Waals surface area (Å²) in [6.45, 7) is 6.37. The van der Waals surface area contributed by atoms with Gasteiger partial charge in [-0.2, -0.15) is 0 Å². The molecule has 1 amide bonds. The minimum atomic E-state index is -1.11. The summed E-state index contributed by atoms with van der Waals surface area (Å²) in [5, 5.41) is 11.2. The molecule has 2 aromatic rings. The van der Waals surface area contributed by atoms with Gasteiger partial charge in [0.1, 0.15) is 16.7 Å². The van der Waals surface area contributed by atoms with Gasteiger partial charge in [0.05, 0.1) is 23.7 Å². The number of amides is 1. The highest BCUT2D eigenvalue weighted by atomic mass is 32.1. The molecule has 0 bridgehead atoms. The van der Waals surface area contributed by atoms with Gasteiger partial charge in [-0.25, -0.2) is 4.98 Å². The number of primary amides is 1. The summed E-state index contributed by atoms with van der Waals surface area (Å²) in [6.07, 6.45) is 8.15. The van der Waals surface area contributed by atoms with Crippen molar-refractivity contribution >= 4 is 27.5 Å². The van der Waals surface area contributed by atoms with Crippen LogP contribution in [0.3, 0.4) is 0 Å². The van der Waals surface area contributed by atoms with Crippen molar-refractivity contribution in [2.24, 2.45) is 5.73 Å². The molecule has 3 heterocycles. The molecular formula is C25H35N3O4S. The predicted molar refractivity (Wildman–Crippen MR) is 129 cm³/mol. The monoisotopic (exact) mass is 473 g/mol. The van der Waals surface area contributed by atoms with Crippen LogP contribution in [0.1, 0.15) is 68.7 Å². The number of hydrogen-bond acceptors (Lipinski definition) is 7. The first-order valence-corrected chi connectivity index (χ1v) is 13.1. The number of thiophene rings is 1. The van der Waals surface area contributed by atoms with E-state index >= 15 is 0 Å². The van der Waals surface area contributed by atoms with Crippen molar-refractivity contribution < 1.29 is 19.4 Å². The van der Waals surface area contributed by atoms with Gasteiger partial charge in [-0.15, -0.1) is 11.3 Å². The van der Waals surface area contributed by atoms with E-state index < -0.39 is 12.0 Å². The lowest BCUT2D eigenvalue weighted by molar-refractivity contribution is -0.126. The molecule has 8 heteroatoms. The molecule has 0 unspecified atom stereocenters. The van der Waals surface area contributed by atoms with Crippen molar-refractivity contribution in [3.8, 4) is 5.75 Å². The van der Waals surface area contributed by atoms with Gasteiger partial charge >= 0.3 is 0 Å². The van der Waals surface area contributed by atoms with Gasteiger partial charge in [0.25, 0.3) is 0 Å². The second-order valence-corrected chi connectivity index (χ2v) is 11.2. The Kier molecular flexibility index (Phi) is 6.62. The minimum Gasteiger partial charge on any atom is -0.490 e. The average Bonchev–Trinajstić information content (AvgIpc) is 3.33. The number of hydrogen-bond donors (Lipinski definition) is 2. The number of carbonyl (C=O) groups is 1. The molecule has 3 aliphatic rings. The van der Waals surface area contributed by atoms with Gasteiger partial charge < -0.3 is 20.3 Å². The van der Waals surface area contributed by atoms with Crippen LogP contribution in [-0.4, -0.2) is 64.4 Å². The number of aromatic nitrogens is 1. The van der Waals surface area contributed by atoms with Gasteiger partial charge in [-0.1, -0.05) is 0 Å². The van der Waals surface area contributed by atoms with Gasteiger partial charge in [0.2, 0.25) is 5.91 Å². The highest BCUT2D eigenvalue weighted by Gasteiger charge is 2.34. The highest BCUT2D eigenvalue weighted by Crippen LogP contribution is 2.48. The van der Waals surface area contributed by atoms with Crippen molar-refractivity contribution in [2.75, 3.05) is 13.1 Å². The smallest absolute Gasteiger partial charge is 0.246 e. The van der Waals surface area contributed by atoms with Crippen molar-refractivity contribution in [3.63, 3.8) is 0 Å². The third-order valence-corrected chi connectivity index (χ3v) is 8.71. The topological polar surface area (TPSA) is 97.9 Å². The Morgan fingerprint density at radius 1 is 1.27 bits per heavy atom. The van der Waals surface area contributed by atoms with Crippen molar-refractivity contribution in [3.05, 3.63) is 22.7 Å². The van der Waals surface area contributed by atoms with Crippen molar-refractivity contribution in [2.45, 2.75) is 95.2 Å². The SMILES string of the molecule is C[C@@H]1CN([C@H]2CC[C@H](Oc3ccnc4sc5c(c34)[C@@H](C[C@H](O)C(N)=O)CC5)CC2)C[C@H](C)O1. The largest absolute Gasteiger partial charge is 0.490 e.